The molecule has 0 spiro atoms. The van der Waals surface area contributed by atoms with Crippen molar-refractivity contribution in [2.45, 2.75) is 88.4 Å². The normalized spacial score (nSPS) is 36.8. The number of H-pyrrole nitrogens is 1. The first-order valence-corrected chi connectivity index (χ1v) is 14.6. The molecule has 6 heteroatoms. The van der Waals surface area contributed by atoms with Gasteiger partial charge in [0, 0.05) is 30.4 Å². The zero-order valence-corrected chi connectivity index (χ0v) is 21.4. The lowest BCUT2D eigenvalue weighted by atomic mass is 9.64. The van der Waals surface area contributed by atoms with E-state index < -0.39 is 0 Å². The van der Waals surface area contributed by atoms with E-state index in [1.165, 1.54) is 51.4 Å². The summed E-state index contributed by atoms with van der Waals surface area (Å²) in [5.74, 6) is 4.01. The Labute approximate surface area is 217 Å². The third kappa shape index (κ3) is 3.44. The lowest BCUT2D eigenvalue weighted by Crippen LogP contribution is -2.58. The molecule has 0 radical (unpaired) electrons. The molecule has 4 heterocycles. The molecule has 6 nitrogen and oxygen atoms in total. The molecule has 3 saturated carbocycles. The largest absolute Gasteiger partial charge is 0.329 e. The first-order chi connectivity index (χ1) is 18.1. The summed E-state index contributed by atoms with van der Waals surface area (Å²) < 4.78 is 2.01. The van der Waals surface area contributed by atoms with Crippen LogP contribution in [0.4, 0.5) is 0 Å². The molecule has 2 aromatic heterocycles. The molecule has 3 aromatic rings. The Hall–Kier alpha value is -2.73. The number of aromatic nitrogens is 3. The number of hydrogen-bond acceptors (Lipinski definition) is 4. The Bertz CT molecular complexity index is 1460. The number of para-hydroxylation sites is 2. The third-order valence-electron chi connectivity index (χ3n) is 10.9. The van der Waals surface area contributed by atoms with Crippen molar-refractivity contribution in [2.75, 3.05) is 0 Å². The summed E-state index contributed by atoms with van der Waals surface area (Å²) >= 11 is 0. The Morgan fingerprint density at radius 2 is 1.59 bits per heavy atom. The van der Waals surface area contributed by atoms with Crippen LogP contribution in [0.15, 0.2) is 52.2 Å². The highest BCUT2D eigenvalue weighted by Gasteiger charge is 2.53. The molecular formula is C31H36N4O2. The van der Waals surface area contributed by atoms with Crippen LogP contribution in [0.3, 0.4) is 0 Å². The van der Waals surface area contributed by atoms with Crippen molar-refractivity contribution < 1.29 is 0 Å². The number of nitrogens with one attached hydrogen (secondary N) is 1. The maximum absolute atomic E-state index is 14.1. The molecule has 2 aliphatic heterocycles. The maximum atomic E-state index is 14.1. The van der Waals surface area contributed by atoms with Gasteiger partial charge in [-0.3, -0.25) is 14.5 Å². The van der Waals surface area contributed by atoms with Crippen molar-refractivity contribution >= 4 is 11.0 Å². The van der Waals surface area contributed by atoms with E-state index in [0.717, 1.165) is 53.6 Å². The second-order valence-corrected chi connectivity index (χ2v) is 12.7. The summed E-state index contributed by atoms with van der Waals surface area (Å²) in [6, 6.07) is 13.4. The van der Waals surface area contributed by atoms with Crippen LogP contribution in [0, 0.1) is 23.7 Å². The van der Waals surface area contributed by atoms with Gasteiger partial charge in [-0.15, -0.1) is 0 Å². The van der Waals surface area contributed by atoms with Crippen molar-refractivity contribution in [3.8, 4) is 11.3 Å². The molecule has 1 N–H and O–H groups in total. The average molecular weight is 497 g/mol. The van der Waals surface area contributed by atoms with Crippen molar-refractivity contribution in [2.24, 2.45) is 23.7 Å². The van der Waals surface area contributed by atoms with E-state index in [2.05, 4.69) is 9.88 Å². The molecule has 5 fully saturated rings. The van der Waals surface area contributed by atoms with Gasteiger partial charge in [-0.2, -0.15) is 0 Å². The molecule has 37 heavy (non-hydrogen) atoms. The van der Waals surface area contributed by atoms with Gasteiger partial charge in [-0.05, 0) is 106 Å². The second kappa shape index (κ2) is 8.39. The fourth-order valence-corrected chi connectivity index (χ4v) is 9.53. The van der Waals surface area contributed by atoms with Gasteiger partial charge in [0.1, 0.15) is 5.69 Å². The van der Waals surface area contributed by atoms with Crippen molar-refractivity contribution in [1.29, 1.82) is 0 Å². The molecular weight excluding hydrogens is 460 g/mol. The molecule has 2 saturated heterocycles. The summed E-state index contributed by atoms with van der Waals surface area (Å²) in [7, 11) is 0. The predicted octanol–water partition coefficient (Wildman–Crippen LogP) is 5.13. The van der Waals surface area contributed by atoms with Crippen LogP contribution in [0.2, 0.25) is 0 Å². The van der Waals surface area contributed by atoms with Gasteiger partial charge in [0.2, 0.25) is 0 Å². The van der Waals surface area contributed by atoms with Crippen molar-refractivity contribution in [3.63, 3.8) is 0 Å². The summed E-state index contributed by atoms with van der Waals surface area (Å²) in [6.07, 6.45) is 14.7. The molecule has 1 aromatic carbocycles. The van der Waals surface area contributed by atoms with Crippen LogP contribution in [0.5, 0.6) is 0 Å². The van der Waals surface area contributed by atoms with Crippen LogP contribution in [0.25, 0.3) is 22.3 Å². The van der Waals surface area contributed by atoms with Crippen LogP contribution < -0.4 is 11.1 Å². The first kappa shape index (κ1) is 22.3. The molecule has 7 atom stereocenters. The summed E-state index contributed by atoms with van der Waals surface area (Å²) in [6.45, 7) is 0. The second-order valence-electron chi connectivity index (χ2n) is 12.7. The number of nitrogens with zero attached hydrogens (tertiary/aromatic N) is 3. The highest BCUT2D eigenvalue weighted by atomic mass is 16.1. The maximum Gasteiger partial charge on any atom is 0.278 e. The van der Waals surface area contributed by atoms with E-state index in [9.17, 15) is 9.59 Å². The number of fused-ring (bicyclic) bond motifs is 4. The van der Waals surface area contributed by atoms with E-state index in [-0.39, 0.29) is 22.9 Å². The third-order valence-corrected chi connectivity index (χ3v) is 10.9. The fraction of sp³-hybridized carbons (Fsp3) is 0.581. The zero-order chi connectivity index (χ0) is 24.7. The first-order valence-electron chi connectivity index (χ1n) is 14.6. The lowest BCUT2D eigenvalue weighted by molar-refractivity contribution is -0.0437. The van der Waals surface area contributed by atoms with Gasteiger partial charge in [-0.1, -0.05) is 18.6 Å². The van der Waals surface area contributed by atoms with Gasteiger partial charge in [-0.25, -0.2) is 4.98 Å². The number of rotatable bonds is 3. The molecule has 192 valence electrons. The van der Waals surface area contributed by atoms with E-state index >= 15 is 0 Å². The number of benzene rings is 1. The van der Waals surface area contributed by atoms with Gasteiger partial charge < -0.3 is 9.55 Å². The topological polar surface area (TPSA) is 71.0 Å². The van der Waals surface area contributed by atoms with E-state index in [1.807, 2.05) is 28.8 Å². The molecule has 7 unspecified atom stereocenters. The number of pyridine rings is 1. The predicted molar refractivity (Wildman–Crippen MR) is 144 cm³/mol. The van der Waals surface area contributed by atoms with E-state index in [4.69, 9.17) is 4.98 Å². The summed E-state index contributed by atoms with van der Waals surface area (Å²) in [5.41, 5.74) is 1.92. The number of hydrogen-bond donors (Lipinski definition) is 1. The summed E-state index contributed by atoms with van der Waals surface area (Å²) in [5, 5.41) is 0. The SMILES string of the molecule is O=c1[nH]cccc1-c1nc2ccccc2n(C2CC3CCCC(C2)N3C2CC3CC4CC(C2)C4C3)c1=O. The van der Waals surface area contributed by atoms with Crippen LogP contribution in [0.1, 0.15) is 70.3 Å². The number of piperidine rings is 2. The summed E-state index contributed by atoms with van der Waals surface area (Å²) in [4.78, 5) is 37.1. The molecule has 3 aliphatic carbocycles. The highest BCUT2D eigenvalue weighted by Crippen LogP contribution is 2.59. The molecule has 5 aliphatic rings. The van der Waals surface area contributed by atoms with Gasteiger partial charge in [0.25, 0.3) is 11.1 Å². The Morgan fingerprint density at radius 1 is 0.784 bits per heavy atom. The Morgan fingerprint density at radius 3 is 2.43 bits per heavy atom. The van der Waals surface area contributed by atoms with Crippen LogP contribution in [-0.4, -0.2) is 37.6 Å². The Kier molecular flexibility index (Phi) is 5.05. The molecule has 4 bridgehead atoms. The standard InChI is InChI=1S/C31H36N4O2/c36-30-25(7-4-10-32-30)29-31(37)35(28-9-2-1-8-27(28)33-29)24-16-21-5-3-6-22(17-24)34(21)23-12-18-11-19-14-20(15-23)26(19)13-18/h1-2,4,7-10,18-24,26H,3,5-6,11-17H2,(H,32,36). The monoisotopic (exact) mass is 496 g/mol. The van der Waals surface area contributed by atoms with Gasteiger partial charge in [0.15, 0.2) is 0 Å². The average Bonchev–Trinajstić information content (AvgIpc) is 3.12. The Balaban J connectivity index is 1.17. The highest BCUT2D eigenvalue weighted by molar-refractivity contribution is 5.77. The fourth-order valence-electron chi connectivity index (χ4n) is 9.53. The molecule has 0 amide bonds. The smallest absolute Gasteiger partial charge is 0.278 e. The van der Waals surface area contributed by atoms with Crippen LogP contribution in [-0.2, 0) is 0 Å². The van der Waals surface area contributed by atoms with Gasteiger partial charge in [0.05, 0.1) is 16.6 Å². The van der Waals surface area contributed by atoms with Crippen LogP contribution >= 0.6 is 0 Å². The minimum atomic E-state index is -0.262. The minimum Gasteiger partial charge on any atom is -0.329 e. The van der Waals surface area contributed by atoms with Crippen molar-refractivity contribution in [1.82, 2.24) is 19.4 Å². The number of aromatic amines is 1. The molecule has 8 rings (SSSR count). The lowest BCUT2D eigenvalue weighted by Gasteiger charge is -2.54. The van der Waals surface area contributed by atoms with Gasteiger partial charge >= 0.3 is 0 Å². The van der Waals surface area contributed by atoms with Crippen molar-refractivity contribution in [3.05, 3.63) is 63.3 Å². The minimum absolute atomic E-state index is 0.126. The zero-order valence-electron chi connectivity index (χ0n) is 21.4. The van der Waals surface area contributed by atoms with E-state index in [0.29, 0.717) is 17.6 Å². The van der Waals surface area contributed by atoms with E-state index in [1.54, 1.807) is 18.3 Å². The quantitative estimate of drug-likeness (QED) is 0.545.